The lowest BCUT2D eigenvalue weighted by Gasteiger charge is -2.16. The number of amides is 10. The number of para-hydroxylation sites is 2. The third-order valence-electron chi connectivity index (χ3n) is 22.0. The number of nitrogens with zero attached hydrogens (tertiary/aromatic N) is 12. The minimum Gasteiger partial charge on any atom is -0.496 e. The van der Waals surface area contributed by atoms with Crippen LogP contribution in [0.5, 0.6) is 5.75 Å². The molecule has 5 fully saturated rings. The second kappa shape index (κ2) is 46.4. The predicted octanol–water partition coefficient (Wildman–Crippen LogP) is 25.8. The Morgan fingerprint density at radius 2 is 0.785 bits per heavy atom. The number of furan rings is 5. The molecule has 9 aliphatic heterocycles. The topological polar surface area (TPSA) is 415 Å². The third kappa shape index (κ3) is 24.7. The van der Waals surface area contributed by atoms with Crippen molar-refractivity contribution in [2.24, 2.45) is 25.7 Å². The van der Waals surface area contributed by atoms with E-state index >= 15 is 0 Å². The molecule has 10 amide bonds. The van der Waals surface area contributed by atoms with Gasteiger partial charge in [-0.1, -0.05) is 35.9 Å². The van der Waals surface area contributed by atoms with Gasteiger partial charge in [-0.3, -0.25) is 87.4 Å². The molecule has 11 aromatic rings. The van der Waals surface area contributed by atoms with Crippen LogP contribution in [-0.2, 0) is 56.2 Å². The van der Waals surface area contributed by atoms with E-state index in [-0.39, 0.29) is 110 Å². The number of hydrogen-bond acceptors (Lipinski definition) is 35. The van der Waals surface area contributed by atoms with Crippen LogP contribution in [0.2, 0.25) is 0 Å². The lowest BCUT2D eigenvalue weighted by atomic mass is 10.1. The first kappa shape index (κ1) is 106. The van der Waals surface area contributed by atoms with Gasteiger partial charge in [-0.25, -0.2) is 25.0 Å². The van der Waals surface area contributed by atoms with Crippen LogP contribution in [-0.4, -0.2) is 165 Å². The number of carbonyl (C=O) groups is 11. The average Bonchev–Trinajstić information content (AvgIpc) is 1.73. The van der Waals surface area contributed by atoms with Gasteiger partial charge in [0, 0.05) is 116 Å². The zero-order valence-corrected chi connectivity index (χ0v) is 88.4. The standard InChI is InChI=1S/C21H22N4O3S2.C21H18N2O4S2.C20H18N2O4S2.C20H18N2O3S2.C19H15N3O5S2.ClH/c1-13(2)25-19(26)17(29-21(25)27)12-14-8-9-18(28-14)30-20-23-15-6-3-4-7-16(15)24(20)11-5-10-22;1-11(2)23-20(25)17(28-21(23)26)10-15-5-7-19(27-15)29-18-9-14-8-13(12(3)24)4-6-16(14)22-18;1-11(2)22-19(23)16(27-20(22)24)9-12-7-8-18(26-12)28-17-10-13-14(21-17)5-4-6-15(13)25-3;1-11(2)22-19(23)16(26-20(22)24)10-14-5-7-18(25-14)27-17-9-13-8-12(3)4-6-15(13)21-17;1-10(2)21-18(23)15(28-19(21)24)9-13-4-6-17(27-13)29-16-8-11-7-12(22(25)26)3-5-14(11)20-16;/h3-4,6-9,12-13H,5,10-11,22H2,1-2H3;4-8,10-11H,9H2,1-3H3;4-9,11H,10H2,1-3H3;4-8,10-11H,9H2,1-3H3;3-7,9-10H,8H2,1-2H3;1H/b17-12-;17-10-;16-9-;16-10-;15-9-;. The lowest BCUT2D eigenvalue weighted by Crippen LogP contribution is -2.34. The number of benzene rings is 5. The smallest absolute Gasteiger partial charge is 0.293 e. The number of aryl methyl sites for hydroxylation is 2. The summed E-state index contributed by atoms with van der Waals surface area (Å²) in [5, 5.41) is 17.3. The van der Waals surface area contributed by atoms with Crippen LogP contribution in [0.25, 0.3) is 41.4 Å². The number of nitrogens with two attached hydrogens (primary N) is 1. The fraction of sp³-hybridized carbons (Fsp3) is 0.248. The van der Waals surface area contributed by atoms with Gasteiger partial charge in [-0.15, -0.1) is 12.4 Å². The van der Waals surface area contributed by atoms with E-state index < -0.39 is 4.92 Å². The molecule has 0 bridgehead atoms. The number of non-ortho nitro benzene ring substituents is 1. The Hall–Kier alpha value is -12.3. The van der Waals surface area contributed by atoms with E-state index in [0.29, 0.717) is 116 Å². The molecule has 43 heteroatoms. The van der Waals surface area contributed by atoms with Crippen molar-refractivity contribution in [3.63, 3.8) is 0 Å². The summed E-state index contributed by atoms with van der Waals surface area (Å²) in [4.78, 5) is 175. The minimum absolute atomic E-state index is 0. The molecule has 2 N–H and O–H groups in total. The molecule has 9 aliphatic rings. The number of imidazole rings is 1. The number of imide groups is 5. The number of ether oxygens (including phenoxy) is 1. The van der Waals surface area contributed by atoms with Crippen LogP contribution in [0.15, 0.2) is 255 Å². The maximum Gasteiger partial charge on any atom is 0.293 e. The number of hydrogen-bond donors (Lipinski definition) is 1. The molecule has 32 nitrogen and oxygen atoms in total. The van der Waals surface area contributed by atoms with E-state index in [1.807, 2.05) is 126 Å². The number of Topliss-reactive ketones (excluding diaryl/α,β-unsaturated/α-hetero) is 1. The molecule has 15 heterocycles. The van der Waals surface area contributed by atoms with Crippen molar-refractivity contribution in [1.29, 1.82) is 0 Å². The normalized spacial score (nSPS) is 17.2. The van der Waals surface area contributed by atoms with Crippen LogP contribution in [0.3, 0.4) is 0 Å². The Kier molecular flexibility index (Phi) is 34.1. The van der Waals surface area contributed by atoms with Crippen LogP contribution < -0.4 is 10.5 Å². The molecule has 0 atom stereocenters. The van der Waals surface area contributed by atoms with Crippen molar-refractivity contribution in [3.8, 4) is 5.75 Å². The highest BCUT2D eigenvalue weighted by molar-refractivity contribution is 8.20. The molecule has 6 aromatic heterocycles. The summed E-state index contributed by atoms with van der Waals surface area (Å²) in [6.45, 7) is 23.1. The van der Waals surface area contributed by atoms with E-state index in [1.165, 1.54) is 107 Å². The molecule has 20 rings (SSSR count). The Morgan fingerprint density at radius 1 is 0.438 bits per heavy atom. The number of aromatic nitrogens is 2. The fourth-order valence-electron chi connectivity index (χ4n) is 15.3. The number of ketones is 1. The molecular formula is C101H92ClN13O19S10. The van der Waals surface area contributed by atoms with Gasteiger partial charge in [0.25, 0.3) is 61.4 Å². The maximum atomic E-state index is 12.4. The molecule has 0 unspecified atom stereocenters. The van der Waals surface area contributed by atoms with Crippen molar-refractivity contribution >= 4 is 282 Å². The Labute approximate surface area is 875 Å². The number of fused-ring (bicyclic) bond motifs is 5. The third-order valence-corrected chi connectivity index (χ3v) is 30.9. The summed E-state index contributed by atoms with van der Waals surface area (Å²) < 4.78 is 36.6. The highest BCUT2D eigenvalue weighted by atomic mass is 35.5. The predicted molar refractivity (Wildman–Crippen MR) is 573 cm³/mol. The van der Waals surface area contributed by atoms with Gasteiger partial charge in [0.15, 0.2) is 36.4 Å². The van der Waals surface area contributed by atoms with Crippen molar-refractivity contribution in [1.82, 2.24) is 34.1 Å². The number of halogens is 1. The highest BCUT2D eigenvalue weighted by Gasteiger charge is 2.42. The summed E-state index contributed by atoms with van der Waals surface area (Å²) in [5.74, 6) is 2.01. The zero-order valence-electron chi connectivity index (χ0n) is 79.4. The van der Waals surface area contributed by atoms with Gasteiger partial charge >= 0.3 is 0 Å². The second-order valence-electron chi connectivity index (χ2n) is 34.0. The van der Waals surface area contributed by atoms with Gasteiger partial charge in [0.2, 0.25) is 0 Å². The number of carbonyl (C=O) groups excluding carboxylic acids is 11. The molecule has 0 spiro atoms. The Bertz CT molecular complexity index is 7170. The van der Waals surface area contributed by atoms with Gasteiger partial charge in [0.05, 0.1) is 90.5 Å². The molecule has 5 aromatic carbocycles. The SMILES string of the molecule is CC(=O)c1ccc2c(c1)CC(Sc1ccc(/C=C3\SC(=O)N(C(C)C)C3=O)o1)=N2.CC(C)N1C(=O)S/C(=C\c2ccc(SC3=Nc4ccc([N+](=O)[O-])cc4C3)o2)C1=O.CC(C)N1C(=O)S/C(=C\c2ccc(Sc3nc4ccccc4n3CCCN)o2)C1=O.COc1cccc2c1CC(Sc1ccc(/C=C3\SC(=O)N(C(C)C)C3=O)o1)=N2.Cc1ccc2c(c1)CC(Sc1ccc(/C=C3\SC(=O)N(C(C)C)C3=O)o1)=N2.Cl. The summed E-state index contributed by atoms with van der Waals surface area (Å²) in [6, 6.07) is 47.3. The molecule has 5 saturated heterocycles. The number of nitro groups is 1. The molecular weight excluding hydrogens is 2060 g/mol. The van der Waals surface area contributed by atoms with E-state index in [4.69, 9.17) is 37.5 Å². The van der Waals surface area contributed by atoms with E-state index in [1.54, 1.807) is 121 Å². The maximum absolute atomic E-state index is 12.4. The number of methoxy groups -OCH3 is 1. The Morgan fingerprint density at radius 3 is 1.15 bits per heavy atom. The number of aliphatic imine (C=N–C) groups is 4. The summed E-state index contributed by atoms with van der Waals surface area (Å²) in [5.41, 5.74) is 17.3. The van der Waals surface area contributed by atoms with Crippen molar-refractivity contribution < 1.29 is 84.5 Å². The fourth-order valence-corrected chi connectivity index (χ4v) is 24.4. The lowest BCUT2D eigenvalue weighted by molar-refractivity contribution is -0.384. The van der Waals surface area contributed by atoms with Crippen molar-refractivity contribution in [3.05, 3.63) is 255 Å². The quantitative estimate of drug-likeness (QED) is 0.0285. The Balaban J connectivity index is 0.000000135. The summed E-state index contributed by atoms with van der Waals surface area (Å²) in [7, 11) is 1.65. The molecule has 144 heavy (non-hydrogen) atoms. The molecule has 0 saturated carbocycles. The first-order valence-electron chi connectivity index (χ1n) is 44.8. The van der Waals surface area contributed by atoms with Gasteiger partial charge in [-0.05, 0) is 346 Å². The zero-order chi connectivity index (χ0) is 102. The number of thioether (sulfide) groups is 9. The first-order chi connectivity index (χ1) is 68.5. The highest BCUT2D eigenvalue weighted by Crippen LogP contribution is 2.46. The van der Waals surface area contributed by atoms with E-state index in [9.17, 15) is 62.9 Å². The van der Waals surface area contributed by atoms with Gasteiger partial charge < -0.3 is 37.1 Å². The number of rotatable bonds is 22. The monoisotopic (exact) mass is 2150 g/mol. The van der Waals surface area contributed by atoms with Crippen molar-refractivity contribution in [2.45, 2.75) is 183 Å². The number of nitro benzene ring substituents is 1. The molecule has 742 valence electrons. The molecule has 0 radical (unpaired) electrons. The minimum atomic E-state index is -0.425. The summed E-state index contributed by atoms with van der Waals surface area (Å²) >= 11 is 11.7. The van der Waals surface area contributed by atoms with Crippen LogP contribution >= 0.6 is 130 Å². The molecule has 0 aliphatic carbocycles. The first-order valence-corrected chi connectivity index (χ1v) is 53.0. The van der Waals surface area contributed by atoms with Crippen LogP contribution in [0.1, 0.15) is 150 Å². The van der Waals surface area contributed by atoms with Crippen molar-refractivity contribution in [2.75, 3.05) is 13.7 Å². The van der Waals surface area contributed by atoms with Gasteiger partial charge in [-0.2, -0.15) is 0 Å². The second-order valence-corrected chi connectivity index (χ2v) is 44.2. The van der Waals surface area contributed by atoms with E-state index in [0.717, 1.165) is 154 Å². The summed E-state index contributed by atoms with van der Waals surface area (Å²) in [6.07, 6.45) is 11.5. The van der Waals surface area contributed by atoms with Gasteiger partial charge in [0.1, 0.15) is 34.6 Å². The average molecular weight is 2150 g/mol. The largest absolute Gasteiger partial charge is 0.496 e. The van der Waals surface area contributed by atoms with E-state index in [2.05, 4.69) is 43.6 Å². The van der Waals surface area contributed by atoms with Crippen LogP contribution in [0.4, 0.5) is 52.4 Å². The van der Waals surface area contributed by atoms with Crippen LogP contribution in [0, 0.1) is 17.0 Å².